The van der Waals surface area contributed by atoms with Gasteiger partial charge in [0.15, 0.2) is 5.96 Å². The van der Waals surface area contributed by atoms with Gasteiger partial charge in [0.05, 0.1) is 22.2 Å². The first kappa shape index (κ1) is 21.5. The van der Waals surface area contributed by atoms with Gasteiger partial charge in [-0.2, -0.15) is 0 Å². The molecule has 0 aliphatic carbocycles. The number of guanidine groups is 1. The Labute approximate surface area is 159 Å². The molecule has 0 saturated carbocycles. The van der Waals surface area contributed by atoms with E-state index in [4.69, 9.17) is 27.9 Å². The number of rotatable bonds is 8. The van der Waals surface area contributed by atoms with Crippen LogP contribution in [0.1, 0.15) is 31.1 Å². The van der Waals surface area contributed by atoms with E-state index in [9.17, 15) is 4.79 Å². The van der Waals surface area contributed by atoms with Gasteiger partial charge < -0.3 is 20.7 Å². The zero-order chi connectivity index (χ0) is 18.9. The van der Waals surface area contributed by atoms with Crippen LogP contribution in [-0.4, -0.2) is 50.8 Å². The summed E-state index contributed by atoms with van der Waals surface area (Å²) in [6.45, 7) is 8.17. The van der Waals surface area contributed by atoms with Crippen LogP contribution >= 0.6 is 23.2 Å². The number of nitrogens with one attached hydrogen (secondary N) is 3. The van der Waals surface area contributed by atoms with Crippen LogP contribution in [0.4, 0.5) is 0 Å². The largest absolute Gasteiger partial charge is 0.377 e. The van der Waals surface area contributed by atoms with Crippen molar-refractivity contribution in [2.75, 3.05) is 33.3 Å². The third-order valence-corrected chi connectivity index (χ3v) is 4.14. The molecule has 1 amide bonds. The van der Waals surface area contributed by atoms with Crippen molar-refractivity contribution in [3.63, 3.8) is 0 Å². The van der Waals surface area contributed by atoms with Gasteiger partial charge >= 0.3 is 0 Å². The van der Waals surface area contributed by atoms with Gasteiger partial charge in [-0.3, -0.25) is 9.79 Å². The van der Waals surface area contributed by atoms with E-state index in [0.717, 1.165) is 6.54 Å². The lowest BCUT2D eigenvalue weighted by molar-refractivity contribution is 0.0310. The maximum absolute atomic E-state index is 12.1. The molecular formula is C17H26Cl2N4O2. The van der Waals surface area contributed by atoms with Crippen LogP contribution in [0.2, 0.25) is 10.0 Å². The molecule has 0 saturated heterocycles. The van der Waals surface area contributed by atoms with Gasteiger partial charge in [-0.05, 0) is 39.0 Å². The first-order valence-electron chi connectivity index (χ1n) is 8.09. The van der Waals surface area contributed by atoms with E-state index in [1.807, 2.05) is 20.8 Å². The normalized spacial score (nSPS) is 12.0. The predicted octanol–water partition coefficient (Wildman–Crippen LogP) is 2.70. The number of halogens is 2. The molecular weight excluding hydrogens is 363 g/mol. The maximum Gasteiger partial charge on any atom is 0.251 e. The molecule has 0 unspecified atom stereocenters. The fourth-order valence-electron chi connectivity index (χ4n) is 1.77. The minimum Gasteiger partial charge on any atom is -0.377 e. The van der Waals surface area contributed by atoms with E-state index in [1.165, 1.54) is 0 Å². The molecule has 0 fully saturated rings. The monoisotopic (exact) mass is 388 g/mol. The smallest absolute Gasteiger partial charge is 0.251 e. The zero-order valence-electron chi connectivity index (χ0n) is 15.1. The van der Waals surface area contributed by atoms with Crippen molar-refractivity contribution in [3.8, 4) is 0 Å². The lowest BCUT2D eigenvalue weighted by Gasteiger charge is -2.21. The molecule has 8 heteroatoms. The van der Waals surface area contributed by atoms with E-state index in [0.29, 0.717) is 41.2 Å². The molecule has 1 aromatic carbocycles. The Bertz CT molecular complexity index is 606. The molecule has 6 nitrogen and oxygen atoms in total. The Kier molecular flexibility index (Phi) is 9.03. The van der Waals surface area contributed by atoms with E-state index >= 15 is 0 Å². The number of amides is 1. The van der Waals surface area contributed by atoms with Crippen LogP contribution in [0.15, 0.2) is 23.2 Å². The predicted molar refractivity (Wildman–Crippen MR) is 104 cm³/mol. The number of nitrogens with zero attached hydrogens (tertiary/aromatic N) is 1. The van der Waals surface area contributed by atoms with Crippen molar-refractivity contribution >= 4 is 35.1 Å². The number of methoxy groups -OCH3 is 1. The standard InChI is InChI=1S/C17H26Cl2N4O2/c1-5-20-16(23-11-17(2,3)25-4)22-9-8-21-15(24)12-6-7-13(18)14(19)10-12/h6-7,10H,5,8-9,11H2,1-4H3,(H,21,24)(H2,20,22,23). The fraction of sp³-hybridized carbons (Fsp3) is 0.529. The lowest BCUT2D eigenvalue weighted by Crippen LogP contribution is -2.42. The number of ether oxygens (including phenoxy) is 1. The second-order valence-corrected chi connectivity index (χ2v) is 6.78. The first-order valence-corrected chi connectivity index (χ1v) is 8.85. The summed E-state index contributed by atoms with van der Waals surface area (Å²) in [5.74, 6) is 0.472. The van der Waals surface area contributed by atoms with Crippen LogP contribution in [-0.2, 0) is 4.74 Å². The number of benzene rings is 1. The van der Waals surface area contributed by atoms with Crippen LogP contribution in [0, 0.1) is 0 Å². The molecule has 0 atom stereocenters. The van der Waals surface area contributed by atoms with Crippen LogP contribution in [0.25, 0.3) is 0 Å². The highest BCUT2D eigenvalue weighted by Gasteiger charge is 2.15. The summed E-state index contributed by atoms with van der Waals surface area (Å²) in [7, 11) is 1.66. The highest BCUT2D eigenvalue weighted by Crippen LogP contribution is 2.22. The van der Waals surface area contributed by atoms with Crippen molar-refractivity contribution in [2.45, 2.75) is 26.4 Å². The van der Waals surface area contributed by atoms with E-state index in [-0.39, 0.29) is 11.5 Å². The highest BCUT2D eigenvalue weighted by atomic mass is 35.5. The van der Waals surface area contributed by atoms with Crippen molar-refractivity contribution in [1.29, 1.82) is 0 Å². The number of hydrogen-bond donors (Lipinski definition) is 3. The van der Waals surface area contributed by atoms with Gasteiger partial charge in [-0.15, -0.1) is 0 Å². The molecule has 0 bridgehead atoms. The molecule has 3 N–H and O–H groups in total. The third kappa shape index (κ3) is 7.94. The summed E-state index contributed by atoms with van der Waals surface area (Å²) in [4.78, 5) is 16.5. The molecule has 140 valence electrons. The summed E-state index contributed by atoms with van der Waals surface area (Å²) >= 11 is 11.8. The molecule has 0 spiro atoms. The quantitative estimate of drug-likeness (QED) is 0.363. The Balaban J connectivity index is 2.46. The number of carbonyl (C=O) groups is 1. The van der Waals surface area contributed by atoms with Gasteiger partial charge in [0.1, 0.15) is 0 Å². The molecule has 0 heterocycles. The molecule has 0 radical (unpaired) electrons. The Morgan fingerprint density at radius 1 is 1.16 bits per heavy atom. The Hall–Kier alpha value is -1.50. The second kappa shape index (κ2) is 10.5. The van der Waals surface area contributed by atoms with E-state index < -0.39 is 0 Å². The summed E-state index contributed by atoms with van der Waals surface area (Å²) in [5.41, 5.74) is 0.140. The van der Waals surface area contributed by atoms with Gasteiger partial charge in [0, 0.05) is 32.3 Å². The topological polar surface area (TPSA) is 74.8 Å². The number of hydrogen-bond acceptors (Lipinski definition) is 3. The number of carbonyl (C=O) groups excluding carboxylic acids is 1. The molecule has 1 rings (SSSR count). The average Bonchev–Trinajstić information content (AvgIpc) is 2.58. The minimum atomic E-state index is -0.329. The zero-order valence-corrected chi connectivity index (χ0v) is 16.6. The minimum absolute atomic E-state index is 0.206. The molecule has 25 heavy (non-hydrogen) atoms. The van der Waals surface area contributed by atoms with Crippen molar-refractivity contribution in [3.05, 3.63) is 33.8 Å². The van der Waals surface area contributed by atoms with Crippen molar-refractivity contribution in [1.82, 2.24) is 16.0 Å². The summed E-state index contributed by atoms with van der Waals surface area (Å²) in [6, 6.07) is 4.78. The maximum atomic E-state index is 12.1. The Morgan fingerprint density at radius 2 is 1.84 bits per heavy atom. The van der Waals surface area contributed by atoms with Gasteiger partial charge in [-0.1, -0.05) is 23.2 Å². The summed E-state index contributed by atoms with van der Waals surface area (Å²) in [5, 5.41) is 9.91. The summed E-state index contributed by atoms with van der Waals surface area (Å²) in [6.07, 6.45) is 0. The van der Waals surface area contributed by atoms with Crippen LogP contribution < -0.4 is 16.0 Å². The van der Waals surface area contributed by atoms with E-state index in [1.54, 1.807) is 25.3 Å². The molecule has 0 aliphatic rings. The molecule has 0 aromatic heterocycles. The SMILES string of the molecule is CCNC(=NCC(C)(C)OC)NCCNC(=O)c1ccc(Cl)c(Cl)c1. The van der Waals surface area contributed by atoms with Crippen LogP contribution in [0.5, 0.6) is 0 Å². The fourth-order valence-corrected chi connectivity index (χ4v) is 2.07. The molecule has 0 aliphatic heterocycles. The second-order valence-electron chi connectivity index (χ2n) is 5.97. The van der Waals surface area contributed by atoms with E-state index in [2.05, 4.69) is 20.9 Å². The van der Waals surface area contributed by atoms with Gasteiger partial charge in [0.2, 0.25) is 0 Å². The third-order valence-electron chi connectivity index (χ3n) is 3.40. The van der Waals surface area contributed by atoms with Gasteiger partial charge in [-0.25, -0.2) is 0 Å². The van der Waals surface area contributed by atoms with Gasteiger partial charge in [0.25, 0.3) is 5.91 Å². The molecule has 1 aromatic rings. The summed E-state index contributed by atoms with van der Waals surface area (Å²) < 4.78 is 5.35. The number of aliphatic imine (C=N–C) groups is 1. The lowest BCUT2D eigenvalue weighted by atomic mass is 10.1. The van der Waals surface area contributed by atoms with Crippen molar-refractivity contribution < 1.29 is 9.53 Å². The van der Waals surface area contributed by atoms with Crippen LogP contribution in [0.3, 0.4) is 0 Å². The first-order chi connectivity index (χ1) is 11.8. The Morgan fingerprint density at radius 3 is 2.44 bits per heavy atom. The highest BCUT2D eigenvalue weighted by molar-refractivity contribution is 6.42. The van der Waals surface area contributed by atoms with Crippen molar-refractivity contribution in [2.24, 2.45) is 4.99 Å². The average molecular weight is 389 g/mol.